The summed E-state index contributed by atoms with van der Waals surface area (Å²) in [7, 11) is 1.69. The lowest BCUT2D eigenvalue weighted by Crippen LogP contribution is -2.22. The predicted molar refractivity (Wildman–Crippen MR) is 53.3 cm³/mol. The Hall–Kier alpha value is -0.760. The van der Waals surface area contributed by atoms with E-state index in [1.807, 2.05) is 19.9 Å². The zero-order valence-corrected chi connectivity index (χ0v) is 8.79. The Morgan fingerprint density at radius 2 is 2.15 bits per heavy atom. The van der Waals surface area contributed by atoms with Crippen molar-refractivity contribution in [3.8, 4) is 0 Å². The molecule has 1 N–H and O–H groups in total. The van der Waals surface area contributed by atoms with Crippen LogP contribution >= 0.6 is 0 Å². The molecule has 74 valence electrons. The maximum atomic E-state index is 9.70. The molecule has 2 unspecified atom stereocenters. The van der Waals surface area contributed by atoms with Gasteiger partial charge in [0, 0.05) is 5.92 Å². The highest BCUT2D eigenvalue weighted by Crippen LogP contribution is 2.31. The van der Waals surface area contributed by atoms with Gasteiger partial charge in [0.2, 0.25) is 0 Å². The van der Waals surface area contributed by atoms with Crippen LogP contribution in [0, 0.1) is 5.92 Å². The van der Waals surface area contributed by atoms with Crippen molar-refractivity contribution in [3.63, 3.8) is 0 Å². The van der Waals surface area contributed by atoms with E-state index in [0.29, 0.717) is 0 Å². The van der Waals surface area contributed by atoms with E-state index in [0.717, 1.165) is 23.3 Å². The molecule has 0 aromatic rings. The second kappa shape index (κ2) is 3.97. The zero-order valence-electron chi connectivity index (χ0n) is 8.79. The summed E-state index contributed by atoms with van der Waals surface area (Å²) in [5.74, 6) is 1.13. The highest BCUT2D eigenvalue weighted by atomic mass is 16.5. The number of aliphatic hydroxyl groups excluding tert-OH is 1. The van der Waals surface area contributed by atoms with Gasteiger partial charge < -0.3 is 9.84 Å². The van der Waals surface area contributed by atoms with Gasteiger partial charge in [0.05, 0.1) is 13.2 Å². The SMILES string of the molecule is CCC1=CC(O)C(C)C(C)=C1OC. The van der Waals surface area contributed by atoms with Crippen LogP contribution in [0.3, 0.4) is 0 Å². The van der Waals surface area contributed by atoms with Gasteiger partial charge in [-0.2, -0.15) is 0 Å². The minimum Gasteiger partial charge on any atom is -0.497 e. The maximum Gasteiger partial charge on any atom is 0.121 e. The molecule has 0 saturated heterocycles. The molecular formula is C11H18O2. The molecule has 0 aromatic heterocycles. The smallest absolute Gasteiger partial charge is 0.121 e. The number of aliphatic hydroxyl groups is 1. The highest BCUT2D eigenvalue weighted by Gasteiger charge is 2.24. The molecule has 1 aliphatic carbocycles. The quantitative estimate of drug-likeness (QED) is 0.709. The van der Waals surface area contributed by atoms with E-state index in [-0.39, 0.29) is 12.0 Å². The third kappa shape index (κ3) is 1.78. The van der Waals surface area contributed by atoms with E-state index in [2.05, 4.69) is 6.92 Å². The third-order valence-electron chi connectivity index (χ3n) is 2.80. The van der Waals surface area contributed by atoms with Crippen LogP contribution in [0.25, 0.3) is 0 Å². The van der Waals surface area contributed by atoms with Crippen molar-refractivity contribution in [1.82, 2.24) is 0 Å². The normalized spacial score (nSPS) is 28.8. The molecule has 0 aliphatic heterocycles. The summed E-state index contributed by atoms with van der Waals surface area (Å²) >= 11 is 0. The van der Waals surface area contributed by atoms with Gasteiger partial charge >= 0.3 is 0 Å². The van der Waals surface area contributed by atoms with Crippen LogP contribution in [0.15, 0.2) is 23.0 Å². The monoisotopic (exact) mass is 182 g/mol. The molecule has 13 heavy (non-hydrogen) atoms. The summed E-state index contributed by atoms with van der Waals surface area (Å²) in [5, 5.41) is 9.70. The lowest BCUT2D eigenvalue weighted by atomic mass is 9.86. The largest absolute Gasteiger partial charge is 0.497 e. The van der Waals surface area contributed by atoms with E-state index in [1.54, 1.807) is 7.11 Å². The molecule has 2 nitrogen and oxygen atoms in total. The van der Waals surface area contributed by atoms with Crippen molar-refractivity contribution in [2.24, 2.45) is 5.92 Å². The molecule has 0 saturated carbocycles. The molecule has 0 spiro atoms. The molecule has 1 rings (SSSR count). The summed E-state index contributed by atoms with van der Waals surface area (Å²) in [6.07, 6.45) is 2.45. The van der Waals surface area contributed by atoms with Gasteiger partial charge in [0.25, 0.3) is 0 Å². The van der Waals surface area contributed by atoms with Crippen LogP contribution in [0.5, 0.6) is 0 Å². The fraction of sp³-hybridized carbons (Fsp3) is 0.636. The number of hydrogen-bond acceptors (Lipinski definition) is 2. The summed E-state index contributed by atoms with van der Waals surface area (Å²) < 4.78 is 5.33. The Labute approximate surface area is 79.9 Å². The number of allylic oxidation sites excluding steroid dienone is 1. The van der Waals surface area contributed by atoms with E-state index in [9.17, 15) is 5.11 Å². The van der Waals surface area contributed by atoms with Gasteiger partial charge in [-0.3, -0.25) is 0 Å². The second-order valence-corrected chi connectivity index (χ2v) is 3.54. The van der Waals surface area contributed by atoms with Gasteiger partial charge in [-0.25, -0.2) is 0 Å². The fourth-order valence-electron chi connectivity index (χ4n) is 1.71. The van der Waals surface area contributed by atoms with Gasteiger partial charge in [-0.15, -0.1) is 0 Å². The minimum absolute atomic E-state index is 0.172. The maximum absolute atomic E-state index is 9.70. The van der Waals surface area contributed by atoms with Crippen molar-refractivity contribution in [2.75, 3.05) is 7.11 Å². The van der Waals surface area contributed by atoms with Crippen LogP contribution in [-0.4, -0.2) is 18.3 Å². The van der Waals surface area contributed by atoms with E-state index in [4.69, 9.17) is 4.74 Å². The molecule has 1 aliphatic rings. The average Bonchev–Trinajstić information content (AvgIpc) is 2.13. The van der Waals surface area contributed by atoms with Crippen LogP contribution < -0.4 is 0 Å². The topological polar surface area (TPSA) is 29.5 Å². The van der Waals surface area contributed by atoms with E-state index < -0.39 is 0 Å². The van der Waals surface area contributed by atoms with Crippen molar-refractivity contribution in [3.05, 3.63) is 23.0 Å². The average molecular weight is 182 g/mol. The summed E-state index contributed by atoms with van der Waals surface area (Å²) in [5.41, 5.74) is 2.26. The summed E-state index contributed by atoms with van der Waals surface area (Å²) in [6, 6.07) is 0. The summed E-state index contributed by atoms with van der Waals surface area (Å²) in [6.45, 7) is 6.11. The van der Waals surface area contributed by atoms with Crippen LogP contribution in [0.2, 0.25) is 0 Å². The Kier molecular flexibility index (Phi) is 3.15. The molecular weight excluding hydrogens is 164 g/mol. The third-order valence-corrected chi connectivity index (χ3v) is 2.80. The molecule has 2 heteroatoms. The number of hydrogen-bond donors (Lipinski definition) is 1. The molecule has 0 bridgehead atoms. The first-order valence-electron chi connectivity index (χ1n) is 4.75. The van der Waals surface area contributed by atoms with Crippen LogP contribution in [-0.2, 0) is 4.74 Å². The van der Waals surface area contributed by atoms with Crippen molar-refractivity contribution < 1.29 is 9.84 Å². The Morgan fingerprint density at radius 1 is 1.54 bits per heavy atom. The van der Waals surface area contributed by atoms with Crippen LogP contribution in [0.4, 0.5) is 0 Å². The summed E-state index contributed by atoms with van der Waals surface area (Å²) in [4.78, 5) is 0. The zero-order chi connectivity index (χ0) is 10.0. The van der Waals surface area contributed by atoms with E-state index >= 15 is 0 Å². The number of methoxy groups -OCH3 is 1. The first-order valence-corrected chi connectivity index (χ1v) is 4.75. The van der Waals surface area contributed by atoms with Gasteiger partial charge in [0.1, 0.15) is 5.76 Å². The van der Waals surface area contributed by atoms with Crippen molar-refractivity contribution in [2.45, 2.75) is 33.3 Å². The predicted octanol–water partition coefficient (Wildman–Crippen LogP) is 2.25. The molecule has 0 radical (unpaired) electrons. The van der Waals surface area contributed by atoms with E-state index in [1.165, 1.54) is 0 Å². The van der Waals surface area contributed by atoms with Crippen molar-refractivity contribution in [1.29, 1.82) is 0 Å². The molecule has 2 atom stereocenters. The molecule has 0 heterocycles. The Morgan fingerprint density at radius 3 is 2.62 bits per heavy atom. The minimum atomic E-state index is -0.353. The van der Waals surface area contributed by atoms with Crippen LogP contribution in [0.1, 0.15) is 27.2 Å². The fourth-order valence-corrected chi connectivity index (χ4v) is 1.71. The van der Waals surface area contributed by atoms with Gasteiger partial charge in [-0.1, -0.05) is 13.8 Å². The first kappa shape index (κ1) is 10.3. The van der Waals surface area contributed by atoms with Crippen molar-refractivity contribution >= 4 is 0 Å². The van der Waals surface area contributed by atoms with Gasteiger partial charge in [-0.05, 0) is 30.6 Å². The Bertz CT molecular complexity index is 251. The molecule has 0 fully saturated rings. The first-order chi connectivity index (χ1) is 6.11. The van der Waals surface area contributed by atoms with Gasteiger partial charge in [0.15, 0.2) is 0 Å². The second-order valence-electron chi connectivity index (χ2n) is 3.54. The lowest BCUT2D eigenvalue weighted by Gasteiger charge is -2.26. The highest BCUT2D eigenvalue weighted by molar-refractivity contribution is 5.36. The molecule has 0 aromatic carbocycles. The standard InChI is InChI=1S/C11H18O2/c1-5-9-6-10(12)7(2)8(3)11(9)13-4/h6-7,10,12H,5H2,1-4H3. The lowest BCUT2D eigenvalue weighted by molar-refractivity contribution is 0.166. The number of rotatable bonds is 2. The molecule has 0 amide bonds. The number of ether oxygens (including phenoxy) is 1. The Balaban J connectivity index is 3.04.